The molecule has 0 bridgehead atoms. The maximum atomic E-state index is 14.6. The van der Waals surface area contributed by atoms with Gasteiger partial charge in [0.25, 0.3) is 5.91 Å². The monoisotopic (exact) mass is 458 g/mol. The molecule has 1 aliphatic rings. The number of para-hydroxylation sites is 1. The fourth-order valence-corrected chi connectivity index (χ4v) is 4.14. The first-order valence-corrected chi connectivity index (χ1v) is 11.1. The van der Waals surface area contributed by atoms with E-state index in [4.69, 9.17) is 4.42 Å². The minimum Gasteiger partial charge on any atom is -0.463 e. The van der Waals surface area contributed by atoms with E-state index in [1.165, 1.54) is 13.0 Å². The van der Waals surface area contributed by atoms with Gasteiger partial charge in [-0.05, 0) is 49.4 Å². The van der Waals surface area contributed by atoms with Crippen molar-refractivity contribution in [3.05, 3.63) is 90.1 Å². The summed E-state index contributed by atoms with van der Waals surface area (Å²) in [7, 11) is 0. The molecule has 34 heavy (non-hydrogen) atoms. The van der Waals surface area contributed by atoms with Crippen LogP contribution >= 0.6 is 0 Å². The third kappa shape index (κ3) is 4.10. The normalized spacial score (nSPS) is 13.8. The summed E-state index contributed by atoms with van der Waals surface area (Å²) in [4.78, 5) is 28.7. The summed E-state index contributed by atoms with van der Waals surface area (Å²) in [5.41, 5.74) is 2.56. The molecule has 5 rings (SSSR count). The molecule has 172 valence electrons. The summed E-state index contributed by atoms with van der Waals surface area (Å²) in [6.45, 7) is 3.24. The van der Waals surface area contributed by atoms with Crippen molar-refractivity contribution in [2.45, 2.75) is 6.92 Å². The smallest absolute Gasteiger partial charge is 0.272 e. The SMILES string of the molecule is CC(=O)c1ccc(N2CCN(C(=O)c3cc(-c4ccco4)nn3-c3ccccc3)CC2)c(F)c1. The molecule has 0 spiro atoms. The number of anilines is 1. The average Bonchev–Trinajstić information content (AvgIpc) is 3.55. The van der Waals surface area contributed by atoms with Gasteiger partial charge in [0.2, 0.25) is 0 Å². The Kier molecular flexibility index (Phi) is 5.71. The lowest BCUT2D eigenvalue weighted by molar-refractivity contribution is 0.0737. The van der Waals surface area contributed by atoms with E-state index in [1.807, 2.05) is 35.2 Å². The number of hydrogen-bond acceptors (Lipinski definition) is 5. The molecular weight excluding hydrogens is 435 g/mol. The predicted molar refractivity (Wildman–Crippen MR) is 126 cm³/mol. The molecule has 8 heteroatoms. The number of hydrogen-bond donors (Lipinski definition) is 0. The molecule has 2 aromatic carbocycles. The number of nitrogens with zero attached hydrogens (tertiary/aromatic N) is 4. The molecular formula is C26H23FN4O3. The second-order valence-electron chi connectivity index (χ2n) is 8.14. The van der Waals surface area contributed by atoms with Gasteiger partial charge in [-0.15, -0.1) is 0 Å². The maximum Gasteiger partial charge on any atom is 0.272 e. The molecule has 0 aliphatic carbocycles. The van der Waals surface area contributed by atoms with Crippen molar-refractivity contribution in [1.29, 1.82) is 0 Å². The quantitative estimate of drug-likeness (QED) is 0.414. The molecule has 0 radical (unpaired) electrons. The highest BCUT2D eigenvalue weighted by Gasteiger charge is 2.27. The highest BCUT2D eigenvalue weighted by Crippen LogP contribution is 2.25. The number of Topliss-reactive ketones (excluding diaryl/α,β-unsaturated/α-hetero) is 1. The molecule has 7 nitrogen and oxygen atoms in total. The van der Waals surface area contributed by atoms with E-state index in [1.54, 1.807) is 46.2 Å². The van der Waals surface area contributed by atoms with Crippen LogP contribution in [0.4, 0.5) is 10.1 Å². The topological polar surface area (TPSA) is 71.6 Å². The first-order chi connectivity index (χ1) is 16.5. The number of piperazine rings is 1. The molecule has 1 fully saturated rings. The van der Waals surface area contributed by atoms with Crippen LogP contribution in [0, 0.1) is 5.82 Å². The van der Waals surface area contributed by atoms with Gasteiger partial charge in [-0.3, -0.25) is 9.59 Å². The van der Waals surface area contributed by atoms with Gasteiger partial charge >= 0.3 is 0 Å². The maximum absolute atomic E-state index is 14.6. The molecule has 0 unspecified atom stereocenters. The van der Waals surface area contributed by atoms with Crippen LogP contribution in [0.1, 0.15) is 27.8 Å². The highest BCUT2D eigenvalue weighted by molar-refractivity contribution is 5.95. The number of aromatic nitrogens is 2. The summed E-state index contributed by atoms with van der Waals surface area (Å²) in [6.07, 6.45) is 1.57. The zero-order valence-electron chi connectivity index (χ0n) is 18.6. The van der Waals surface area contributed by atoms with E-state index in [9.17, 15) is 14.0 Å². The van der Waals surface area contributed by atoms with E-state index in [0.29, 0.717) is 54.6 Å². The number of ketones is 1. The summed E-state index contributed by atoms with van der Waals surface area (Å²) in [6, 6.07) is 19.3. The van der Waals surface area contributed by atoms with Crippen molar-refractivity contribution in [3.63, 3.8) is 0 Å². The van der Waals surface area contributed by atoms with Gasteiger partial charge in [0, 0.05) is 37.8 Å². The Hall–Kier alpha value is -4.20. The summed E-state index contributed by atoms with van der Waals surface area (Å²) in [5, 5.41) is 4.62. The summed E-state index contributed by atoms with van der Waals surface area (Å²) in [5.74, 6) is -0.179. The van der Waals surface area contributed by atoms with Gasteiger partial charge in [0.15, 0.2) is 11.5 Å². The third-order valence-electron chi connectivity index (χ3n) is 5.96. The van der Waals surface area contributed by atoms with Gasteiger partial charge in [-0.1, -0.05) is 18.2 Å². The third-order valence-corrected chi connectivity index (χ3v) is 5.96. The molecule has 0 atom stereocenters. The van der Waals surface area contributed by atoms with E-state index in [-0.39, 0.29) is 11.7 Å². The van der Waals surface area contributed by atoms with Crippen LogP contribution in [-0.4, -0.2) is 52.5 Å². The van der Waals surface area contributed by atoms with E-state index < -0.39 is 5.82 Å². The highest BCUT2D eigenvalue weighted by atomic mass is 19.1. The van der Waals surface area contributed by atoms with Crippen molar-refractivity contribution in [3.8, 4) is 17.1 Å². The Morgan fingerprint density at radius 3 is 2.35 bits per heavy atom. The lowest BCUT2D eigenvalue weighted by Crippen LogP contribution is -2.49. The van der Waals surface area contributed by atoms with Crippen LogP contribution in [0.2, 0.25) is 0 Å². The van der Waals surface area contributed by atoms with Crippen molar-refractivity contribution < 1.29 is 18.4 Å². The number of carbonyl (C=O) groups excluding carboxylic acids is 2. The van der Waals surface area contributed by atoms with Crippen LogP contribution in [-0.2, 0) is 0 Å². The molecule has 4 aromatic rings. The Morgan fingerprint density at radius 1 is 0.941 bits per heavy atom. The minimum atomic E-state index is -0.433. The number of rotatable bonds is 5. The number of halogens is 1. The van der Waals surface area contributed by atoms with Crippen molar-refractivity contribution in [2.24, 2.45) is 0 Å². The molecule has 2 aromatic heterocycles. The number of amides is 1. The van der Waals surface area contributed by atoms with Crippen molar-refractivity contribution >= 4 is 17.4 Å². The second-order valence-corrected chi connectivity index (χ2v) is 8.14. The first kappa shape index (κ1) is 21.6. The van der Waals surface area contributed by atoms with E-state index in [0.717, 1.165) is 5.69 Å². The fourth-order valence-electron chi connectivity index (χ4n) is 4.14. The predicted octanol–water partition coefficient (Wildman–Crippen LogP) is 4.44. The molecule has 1 aliphatic heterocycles. The van der Waals surface area contributed by atoms with E-state index >= 15 is 0 Å². The van der Waals surface area contributed by atoms with Gasteiger partial charge in [-0.2, -0.15) is 5.10 Å². The van der Waals surface area contributed by atoms with Gasteiger partial charge in [-0.25, -0.2) is 9.07 Å². The lowest BCUT2D eigenvalue weighted by Gasteiger charge is -2.36. The van der Waals surface area contributed by atoms with Gasteiger partial charge < -0.3 is 14.2 Å². The van der Waals surface area contributed by atoms with Gasteiger partial charge in [0.1, 0.15) is 17.2 Å². The Bertz CT molecular complexity index is 1320. The molecule has 0 N–H and O–H groups in total. The molecule has 0 saturated carbocycles. The minimum absolute atomic E-state index is 0.152. The number of carbonyl (C=O) groups is 2. The Labute approximate surface area is 196 Å². The zero-order valence-corrected chi connectivity index (χ0v) is 18.6. The van der Waals surface area contributed by atoms with E-state index in [2.05, 4.69) is 5.10 Å². The summed E-state index contributed by atoms with van der Waals surface area (Å²) >= 11 is 0. The second kappa shape index (κ2) is 8.97. The number of furan rings is 1. The largest absolute Gasteiger partial charge is 0.463 e. The fraction of sp³-hybridized carbons (Fsp3) is 0.192. The summed E-state index contributed by atoms with van der Waals surface area (Å²) < 4.78 is 21.7. The van der Waals surface area contributed by atoms with Crippen LogP contribution in [0.5, 0.6) is 0 Å². The Balaban J connectivity index is 1.37. The van der Waals surface area contributed by atoms with Gasteiger partial charge in [0.05, 0.1) is 17.6 Å². The first-order valence-electron chi connectivity index (χ1n) is 11.1. The Morgan fingerprint density at radius 2 is 1.71 bits per heavy atom. The molecule has 1 amide bonds. The molecule has 1 saturated heterocycles. The van der Waals surface area contributed by atoms with Crippen molar-refractivity contribution in [2.75, 3.05) is 31.1 Å². The van der Waals surface area contributed by atoms with Crippen LogP contribution in [0.25, 0.3) is 17.1 Å². The van der Waals surface area contributed by atoms with Crippen LogP contribution in [0.3, 0.4) is 0 Å². The number of benzene rings is 2. The molecule has 3 heterocycles. The average molecular weight is 458 g/mol. The zero-order chi connectivity index (χ0) is 23.7. The van der Waals surface area contributed by atoms with Crippen molar-refractivity contribution in [1.82, 2.24) is 14.7 Å². The van der Waals surface area contributed by atoms with Crippen LogP contribution < -0.4 is 4.90 Å². The lowest BCUT2D eigenvalue weighted by atomic mass is 10.1. The van der Waals surface area contributed by atoms with Crippen LogP contribution in [0.15, 0.2) is 77.4 Å². The standard InChI is InChI=1S/C26H23FN4O3/c1-18(32)19-9-10-23(21(27)16-19)29-11-13-30(14-12-29)26(33)24-17-22(25-8-5-15-34-25)28-31(24)20-6-3-2-4-7-20/h2-10,15-17H,11-14H2,1H3.